The fraction of sp³-hybridized carbons (Fsp3) is 0.643. The first-order valence-electron chi connectivity index (χ1n) is 40.3. The maximum absolute atomic E-state index is 13.7. The summed E-state index contributed by atoms with van der Waals surface area (Å²) < 4.78 is 98.8. The minimum Gasteiger partial charge on any atom is -0.490 e. The van der Waals surface area contributed by atoms with Gasteiger partial charge in [-0.15, -0.1) is 0 Å². The smallest absolute Gasteiger partial charge is 0.264 e. The van der Waals surface area contributed by atoms with Crippen molar-refractivity contribution in [1.82, 2.24) is 29.0 Å². The van der Waals surface area contributed by atoms with Crippen LogP contribution in [0.15, 0.2) is 103 Å². The van der Waals surface area contributed by atoms with E-state index in [9.17, 15) is 26.4 Å². The average molecular weight is 1530 g/mol. The van der Waals surface area contributed by atoms with Gasteiger partial charge in [0, 0.05) is 144 Å². The number of hydrogen-bond donors (Lipinski definition) is 2. The zero-order valence-electron chi connectivity index (χ0n) is 63.9. The minimum absolute atomic E-state index is 0.204. The number of amides is 2. The van der Waals surface area contributed by atoms with Crippen molar-refractivity contribution in [2.75, 3.05) is 154 Å². The standard InChI is InChI=1S/C42H57ClN4O6S.C42H58N4O6S/c1-4-53-42(27-45-17-18-46-19-20-51-25-35(46)24-45)16-5-7-29(2)30(3)54(49,50)44-40(48)32-10-14-39-38(22-32)47(23-33-9-12-37(33)42)26-41(28-52-39)15-6-8-31-21-34(43)11-13-36(31)41;1-4-52-42(28-44-19-20-45-21-22-50-26-35(45)25-44)18-7-9-30(2)31(3)53(48,49)43-40(47)33-14-16-39-38(23-33)46(24-34-13-15-37(34)42)27-41(29-51-39)17-8-11-32-10-5-6-12-36(32)41/h5,10-11,13-14,16,21-22,29-30,33,35,37H,4,6-9,12,15,17-20,23-28H2,1-3H3,(H,44,48);5-7,10,12,14,16,18,23,30-31,34-35,37H,4,8-9,11,13,15,17,19-22,24-29H2,1-3H3,(H,43,47)/b16-5+;18-7+/t29-,30+,33-,35-,37+,41-,42+;30-,31+,34-,35-,37+,41-,42+/m00/s1. The Morgan fingerprint density at radius 3 is 1.50 bits per heavy atom. The third-order valence-corrected chi connectivity index (χ3v) is 31.3. The van der Waals surface area contributed by atoms with Crippen molar-refractivity contribution in [2.24, 2.45) is 35.5 Å². The maximum atomic E-state index is 13.7. The van der Waals surface area contributed by atoms with Crippen LogP contribution in [0.2, 0.25) is 5.02 Å². The predicted octanol–water partition coefficient (Wildman–Crippen LogP) is 10.7. The number of morpholine rings is 2. The van der Waals surface area contributed by atoms with Gasteiger partial charge in [-0.05, 0) is 211 Å². The molecule has 0 aromatic heterocycles. The Morgan fingerprint density at radius 1 is 0.551 bits per heavy atom. The van der Waals surface area contributed by atoms with E-state index < -0.39 is 53.6 Å². The first-order valence-corrected chi connectivity index (χ1v) is 43.8. The average Bonchev–Trinajstić information content (AvgIpc) is 1.74. The van der Waals surface area contributed by atoms with Crippen LogP contribution in [-0.4, -0.2) is 227 Å². The van der Waals surface area contributed by atoms with E-state index in [4.69, 9.17) is 40.0 Å². The molecule has 4 bridgehead atoms. The number of piperazine rings is 2. The van der Waals surface area contributed by atoms with E-state index in [2.05, 4.69) is 113 Å². The topological polar surface area (TPSA) is 201 Å². The lowest BCUT2D eigenvalue weighted by Gasteiger charge is -2.53. The van der Waals surface area contributed by atoms with Crippen LogP contribution in [0.3, 0.4) is 0 Å². The molecule has 4 saturated heterocycles. The molecule has 582 valence electrons. The number of halogens is 1. The van der Waals surface area contributed by atoms with Crippen LogP contribution in [0, 0.1) is 35.5 Å². The molecule has 2 saturated carbocycles. The molecule has 4 aliphatic carbocycles. The monoisotopic (exact) mass is 1530 g/mol. The fourth-order valence-corrected chi connectivity index (χ4v) is 23.3. The van der Waals surface area contributed by atoms with Crippen molar-refractivity contribution < 1.29 is 54.8 Å². The Bertz CT molecular complexity index is 4190. The molecular weight excluding hydrogens is 1410 g/mol. The molecule has 107 heavy (non-hydrogen) atoms. The van der Waals surface area contributed by atoms with Crippen LogP contribution in [0.25, 0.3) is 0 Å². The van der Waals surface area contributed by atoms with E-state index in [0.29, 0.717) is 74.3 Å². The number of aryl methyl sites for hydroxylation is 2. The summed E-state index contributed by atoms with van der Waals surface area (Å²) in [4.78, 5) is 42.6. The molecule has 2 N–H and O–H groups in total. The molecule has 8 heterocycles. The number of hydrogen-bond acceptors (Lipinski definition) is 18. The number of nitrogens with one attached hydrogen (secondary N) is 2. The summed E-state index contributed by atoms with van der Waals surface area (Å²) in [6, 6.07) is 26.7. The van der Waals surface area contributed by atoms with Gasteiger partial charge in [0.2, 0.25) is 20.0 Å². The second-order valence-corrected chi connectivity index (χ2v) is 38.2. The van der Waals surface area contributed by atoms with Crippen molar-refractivity contribution in [3.63, 3.8) is 0 Å². The highest BCUT2D eigenvalue weighted by molar-refractivity contribution is 7.91. The summed E-state index contributed by atoms with van der Waals surface area (Å²) in [5, 5.41) is -0.803. The number of rotatable bonds is 8. The molecule has 14 atom stereocenters. The fourth-order valence-electron chi connectivity index (χ4n) is 20.6. The minimum atomic E-state index is -3.96. The van der Waals surface area contributed by atoms with Gasteiger partial charge in [-0.25, -0.2) is 26.3 Å². The van der Waals surface area contributed by atoms with Gasteiger partial charge >= 0.3 is 0 Å². The number of sulfonamides is 2. The van der Waals surface area contributed by atoms with Crippen molar-refractivity contribution >= 4 is 54.8 Å². The van der Waals surface area contributed by atoms with Crippen LogP contribution in [0.1, 0.15) is 149 Å². The Labute approximate surface area is 641 Å². The normalized spacial score (nSPS) is 35.2. The number of nitrogens with zero attached hydrogens (tertiary/aromatic N) is 6. The number of benzene rings is 4. The molecule has 2 amide bonds. The van der Waals surface area contributed by atoms with Crippen LogP contribution < -0.4 is 28.7 Å². The lowest BCUT2D eigenvalue weighted by Crippen LogP contribution is -2.62. The molecule has 16 rings (SSSR count). The number of ether oxygens (including phenoxy) is 6. The van der Waals surface area contributed by atoms with Gasteiger partial charge in [0.05, 0.1) is 61.5 Å². The van der Waals surface area contributed by atoms with Crippen LogP contribution in [-0.2, 0) is 62.7 Å². The zero-order valence-corrected chi connectivity index (χ0v) is 66.3. The lowest BCUT2D eigenvalue weighted by molar-refractivity contribution is -0.121. The molecule has 23 heteroatoms. The number of carbonyl (C=O) groups excluding carboxylic acids is 2. The number of anilines is 2. The highest BCUT2D eigenvalue weighted by Crippen LogP contribution is 2.53. The van der Waals surface area contributed by atoms with Gasteiger partial charge < -0.3 is 38.2 Å². The number of carbonyl (C=O) groups is 2. The highest BCUT2D eigenvalue weighted by atomic mass is 35.5. The summed E-state index contributed by atoms with van der Waals surface area (Å²) in [5.41, 5.74) is 6.11. The van der Waals surface area contributed by atoms with E-state index in [-0.39, 0.29) is 34.5 Å². The van der Waals surface area contributed by atoms with Gasteiger partial charge in [-0.3, -0.25) is 29.2 Å². The van der Waals surface area contributed by atoms with Gasteiger partial charge in [0.1, 0.15) is 22.7 Å². The Hall–Kier alpha value is -5.63. The van der Waals surface area contributed by atoms with Gasteiger partial charge in [-0.2, -0.15) is 0 Å². The molecule has 6 fully saturated rings. The van der Waals surface area contributed by atoms with Crippen molar-refractivity contribution in [3.05, 3.63) is 142 Å². The Balaban J connectivity index is 0.000000171. The van der Waals surface area contributed by atoms with E-state index in [1.807, 2.05) is 44.2 Å². The summed E-state index contributed by atoms with van der Waals surface area (Å²) >= 11 is 6.52. The summed E-state index contributed by atoms with van der Waals surface area (Å²) in [5.74, 6) is 1.03. The largest absolute Gasteiger partial charge is 0.490 e. The summed E-state index contributed by atoms with van der Waals surface area (Å²) in [6.07, 6.45) is 20.5. The van der Waals surface area contributed by atoms with Crippen molar-refractivity contribution in [2.45, 2.75) is 163 Å². The first kappa shape index (κ1) is 76.7. The van der Waals surface area contributed by atoms with E-state index in [0.717, 1.165) is 210 Å². The molecule has 12 aliphatic rings. The van der Waals surface area contributed by atoms with Crippen LogP contribution in [0.4, 0.5) is 11.4 Å². The lowest BCUT2D eigenvalue weighted by atomic mass is 9.63. The van der Waals surface area contributed by atoms with Gasteiger partial charge in [0.25, 0.3) is 11.8 Å². The maximum Gasteiger partial charge on any atom is 0.264 e. The van der Waals surface area contributed by atoms with Gasteiger partial charge in [0.15, 0.2) is 0 Å². The Morgan fingerprint density at radius 2 is 1.03 bits per heavy atom. The molecule has 4 aromatic carbocycles. The Kier molecular flexibility index (Phi) is 22.8. The molecule has 20 nitrogen and oxygen atoms in total. The van der Waals surface area contributed by atoms with Gasteiger partial charge in [-0.1, -0.05) is 80.1 Å². The molecule has 4 aromatic rings. The number of fused-ring (bicyclic) bond motifs is 10. The third kappa shape index (κ3) is 15.7. The third-order valence-electron chi connectivity index (χ3n) is 27.2. The summed E-state index contributed by atoms with van der Waals surface area (Å²) in [7, 11) is -7.91. The first-order chi connectivity index (χ1) is 51.6. The van der Waals surface area contributed by atoms with Crippen LogP contribution in [0.5, 0.6) is 11.5 Å². The summed E-state index contributed by atoms with van der Waals surface area (Å²) in [6.45, 7) is 29.4. The molecule has 2 spiro atoms. The van der Waals surface area contributed by atoms with E-state index in [1.165, 1.54) is 22.3 Å². The van der Waals surface area contributed by atoms with Crippen molar-refractivity contribution in [3.8, 4) is 11.5 Å². The molecule has 0 radical (unpaired) electrons. The molecule has 0 unspecified atom stereocenters. The molecule has 8 aliphatic heterocycles. The molecular formula is C84H115ClN8O12S2. The highest BCUT2D eigenvalue weighted by Gasteiger charge is 2.54. The second-order valence-electron chi connectivity index (χ2n) is 33.7. The predicted molar refractivity (Wildman–Crippen MR) is 419 cm³/mol. The van der Waals surface area contributed by atoms with Crippen LogP contribution >= 0.6 is 11.6 Å². The quantitative estimate of drug-likeness (QED) is 0.158. The van der Waals surface area contributed by atoms with Crippen molar-refractivity contribution in [1.29, 1.82) is 0 Å². The second kappa shape index (κ2) is 31.9. The van der Waals surface area contributed by atoms with E-state index in [1.54, 1.807) is 26.0 Å². The zero-order chi connectivity index (χ0) is 74.5. The number of allylic oxidation sites excluding steroid dienone is 2. The van der Waals surface area contributed by atoms with E-state index >= 15 is 0 Å². The SMILES string of the molecule is CCO[C@@]1(CN2CCN3CCOC[C@@H]3C2)/C=C/C[C@H](C)[C@@H](C)S(=O)(=O)NC(=O)c2ccc3c(c2)N(C[C@@H]2CC[C@H]21)C[C@@]1(CCCc2cc(Cl)ccc21)CO3.CCO[C@@]1(CN2CCN3CCOC[C@@H]3C2)/C=C/C[C@H](C)[C@@H](C)S(=O)(=O)NC(=O)c2ccc3c(c2)N(C[C@@H]2CC[C@H]21)C[C@@]1(CCCc2ccccc21)CO3.